The van der Waals surface area contributed by atoms with E-state index < -0.39 is 0 Å². The van der Waals surface area contributed by atoms with Crippen molar-refractivity contribution >= 4 is 40.2 Å². The van der Waals surface area contributed by atoms with Crippen molar-refractivity contribution < 1.29 is 4.39 Å². The molecule has 0 bridgehead atoms. The van der Waals surface area contributed by atoms with Gasteiger partial charge in [-0.3, -0.25) is 0 Å². The Bertz CT molecular complexity index is 643. The summed E-state index contributed by atoms with van der Waals surface area (Å²) in [7, 11) is 0. The van der Waals surface area contributed by atoms with E-state index in [9.17, 15) is 4.39 Å². The van der Waals surface area contributed by atoms with E-state index in [1.807, 2.05) is 13.0 Å². The second-order valence-corrected chi connectivity index (χ2v) is 5.01. The van der Waals surface area contributed by atoms with Gasteiger partial charge in [-0.2, -0.15) is 0 Å². The molecule has 3 N–H and O–H groups in total. The molecule has 0 aromatic heterocycles. The Balaban J connectivity index is 2.29. The molecule has 0 heterocycles. The van der Waals surface area contributed by atoms with Gasteiger partial charge in [-0.05, 0) is 42.8 Å². The number of aryl methyl sites for hydroxylation is 1. The minimum absolute atomic E-state index is 0.234. The monoisotopic (exact) mass is 294 g/mol. The molecule has 2 nitrogen and oxygen atoms in total. The molecule has 0 saturated carbocycles. The summed E-state index contributed by atoms with van der Waals surface area (Å²) >= 11 is 10.9. The maximum atomic E-state index is 13.7. The number of thiocarbonyl (C=S) groups is 1. The van der Waals surface area contributed by atoms with Crippen molar-refractivity contribution in [3.8, 4) is 0 Å². The second kappa shape index (κ2) is 5.55. The lowest BCUT2D eigenvalue weighted by Crippen LogP contribution is -2.10. The van der Waals surface area contributed by atoms with Gasteiger partial charge in [0.1, 0.15) is 10.8 Å². The quantitative estimate of drug-likeness (QED) is 0.835. The third-order valence-electron chi connectivity index (χ3n) is 2.64. The molecule has 2 aromatic rings. The molecule has 2 rings (SSSR count). The summed E-state index contributed by atoms with van der Waals surface area (Å²) < 4.78 is 13.7. The fourth-order valence-electron chi connectivity index (χ4n) is 1.67. The number of hydrogen-bond acceptors (Lipinski definition) is 2. The van der Waals surface area contributed by atoms with Gasteiger partial charge in [-0.25, -0.2) is 4.39 Å². The van der Waals surface area contributed by atoms with E-state index in [-0.39, 0.29) is 10.8 Å². The van der Waals surface area contributed by atoms with Crippen LogP contribution in [0, 0.1) is 12.7 Å². The van der Waals surface area contributed by atoms with E-state index in [0.717, 1.165) is 5.56 Å². The summed E-state index contributed by atoms with van der Waals surface area (Å²) in [5, 5.41) is 3.40. The van der Waals surface area contributed by atoms with E-state index in [1.165, 1.54) is 6.07 Å². The van der Waals surface area contributed by atoms with Crippen LogP contribution < -0.4 is 11.1 Å². The van der Waals surface area contributed by atoms with E-state index in [2.05, 4.69) is 5.32 Å². The first-order valence-corrected chi connectivity index (χ1v) is 6.38. The summed E-state index contributed by atoms with van der Waals surface area (Å²) in [4.78, 5) is 0.234. The van der Waals surface area contributed by atoms with Gasteiger partial charge in [0.25, 0.3) is 0 Å². The standard InChI is InChI=1S/C14H12ClFN2S/c1-8-2-5-13(12(16)6-8)18-9-3-4-10(14(17)19)11(15)7-9/h2-7,18H,1H3,(H2,17,19). The van der Waals surface area contributed by atoms with Crippen molar-refractivity contribution in [1.29, 1.82) is 0 Å². The third-order valence-corrected chi connectivity index (χ3v) is 3.17. The van der Waals surface area contributed by atoms with Gasteiger partial charge in [0, 0.05) is 11.3 Å². The maximum Gasteiger partial charge on any atom is 0.146 e. The van der Waals surface area contributed by atoms with E-state index in [0.29, 0.717) is 22.0 Å². The molecule has 0 aliphatic rings. The van der Waals surface area contributed by atoms with Crippen LogP contribution in [0.1, 0.15) is 11.1 Å². The average Bonchev–Trinajstić information content (AvgIpc) is 2.32. The summed E-state index contributed by atoms with van der Waals surface area (Å²) in [5.41, 5.74) is 8.06. The van der Waals surface area contributed by atoms with Gasteiger partial charge in [-0.15, -0.1) is 0 Å². The zero-order valence-corrected chi connectivity index (χ0v) is 11.8. The summed E-state index contributed by atoms with van der Waals surface area (Å²) in [5.74, 6) is -0.311. The first kappa shape index (κ1) is 13.8. The van der Waals surface area contributed by atoms with E-state index in [4.69, 9.17) is 29.6 Å². The number of nitrogens with two attached hydrogens (primary N) is 1. The Hall–Kier alpha value is -1.65. The van der Waals surface area contributed by atoms with Crippen LogP contribution in [-0.4, -0.2) is 4.99 Å². The van der Waals surface area contributed by atoms with Crippen LogP contribution in [0.2, 0.25) is 5.02 Å². The van der Waals surface area contributed by atoms with Crippen molar-refractivity contribution in [2.24, 2.45) is 5.73 Å². The Kier molecular flexibility index (Phi) is 4.02. The van der Waals surface area contributed by atoms with Crippen LogP contribution in [0.5, 0.6) is 0 Å². The zero-order valence-electron chi connectivity index (χ0n) is 10.2. The molecule has 0 amide bonds. The Morgan fingerprint density at radius 3 is 2.58 bits per heavy atom. The molecule has 0 unspecified atom stereocenters. The molecule has 0 aliphatic carbocycles. The highest BCUT2D eigenvalue weighted by Crippen LogP contribution is 2.25. The smallest absolute Gasteiger partial charge is 0.146 e. The SMILES string of the molecule is Cc1ccc(Nc2ccc(C(N)=S)c(Cl)c2)c(F)c1. The predicted octanol–water partition coefficient (Wildman–Crippen LogP) is 4.17. The van der Waals surface area contributed by atoms with Crippen LogP contribution >= 0.6 is 23.8 Å². The highest BCUT2D eigenvalue weighted by atomic mass is 35.5. The van der Waals surface area contributed by atoms with Crippen LogP contribution in [0.15, 0.2) is 36.4 Å². The minimum Gasteiger partial charge on any atom is -0.389 e. The third kappa shape index (κ3) is 3.22. The van der Waals surface area contributed by atoms with Gasteiger partial charge in [0.05, 0.1) is 10.7 Å². The Morgan fingerprint density at radius 1 is 1.26 bits per heavy atom. The highest BCUT2D eigenvalue weighted by Gasteiger charge is 2.06. The average molecular weight is 295 g/mol. The van der Waals surface area contributed by atoms with Crippen LogP contribution in [0.4, 0.5) is 15.8 Å². The van der Waals surface area contributed by atoms with Crippen molar-refractivity contribution in [2.75, 3.05) is 5.32 Å². The number of rotatable bonds is 3. The summed E-state index contributed by atoms with van der Waals surface area (Å²) in [6.07, 6.45) is 0. The summed E-state index contributed by atoms with van der Waals surface area (Å²) in [6.45, 7) is 1.83. The lowest BCUT2D eigenvalue weighted by atomic mass is 10.2. The second-order valence-electron chi connectivity index (χ2n) is 4.17. The van der Waals surface area contributed by atoms with Crippen molar-refractivity contribution in [1.82, 2.24) is 0 Å². The highest BCUT2D eigenvalue weighted by molar-refractivity contribution is 7.80. The number of benzene rings is 2. The minimum atomic E-state index is -0.311. The Labute approximate surface area is 121 Å². The van der Waals surface area contributed by atoms with Gasteiger partial charge in [-0.1, -0.05) is 29.9 Å². The van der Waals surface area contributed by atoms with Crippen molar-refractivity contribution in [3.05, 3.63) is 58.4 Å². The number of nitrogens with one attached hydrogen (secondary N) is 1. The molecule has 0 atom stereocenters. The molecular formula is C14H12ClFN2S. The lowest BCUT2D eigenvalue weighted by molar-refractivity contribution is 0.631. The zero-order chi connectivity index (χ0) is 14.0. The van der Waals surface area contributed by atoms with E-state index >= 15 is 0 Å². The molecule has 0 radical (unpaired) electrons. The van der Waals surface area contributed by atoms with Crippen LogP contribution in [0.3, 0.4) is 0 Å². The largest absolute Gasteiger partial charge is 0.389 e. The van der Waals surface area contributed by atoms with Crippen LogP contribution in [0.25, 0.3) is 0 Å². The molecular weight excluding hydrogens is 283 g/mol. The van der Waals surface area contributed by atoms with Crippen molar-refractivity contribution in [3.63, 3.8) is 0 Å². The molecule has 0 aliphatic heterocycles. The molecule has 5 heteroatoms. The predicted molar refractivity (Wildman–Crippen MR) is 81.8 cm³/mol. The fraction of sp³-hybridized carbons (Fsp3) is 0.0714. The molecule has 2 aromatic carbocycles. The first-order valence-electron chi connectivity index (χ1n) is 5.60. The normalized spacial score (nSPS) is 10.3. The van der Waals surface area contributed by atoms with E-state index in [1.54, 1.807) is 24.3 Å². The number of anilines is 2. The lowest BCUT2D eigenvalue weighted by Gasteiger charge is -2.10. The number of hydrogen-bond donors (Lipinski definition) is 2. The van der Waals surface area contributed by atoms with Gasteiger partial charge in [0.15, 0.2) is 0 Å². The van der Waals surface area contributed by atoms with Gasteiger partial charge >= 0.3 is 0 Å². The van der Waals surface area contributed by atoms with Gasteiger partial charge < -0.3 is 11.1 Å². The summed E-state index contributed by atoms with van der Waals surface area (Å²) in [6, 6.07) is 10.1. The van der Waals surface area contributed by atoms with Gasteiger partial charge in [0.2, 0.25) is 0 Å². The fourth-order valence-corrected chi connectivity index (χ4v) is 2.19. The Morgan fingerprint density at radius 2 is 2.00 bits per heavy atom. The first-order chi connectivity index (χ1) is 8.97. The van der Waals surface area contributed by atoms with Crippen molar-refractivity contribution in [2.45, 2.75) is 6.92 Å². The van der Waals surface area contributed by atoms with Crippen LogP contribution in [-0.2, 0) is 0 Å². The molecule has 0 saturated heterocycles. The maximum absolute atomic E-state index is 13.7. The molecule has 0 fully saturated rings. The molecule has 19 heavy (non-hydrogen) atoms. The molecule has 0 spiro atoms. The topological polar surface area (TPSA) is 38.0 Å². The molecule has 98 valence electrons. The number of halogens is 2.